The molecule has 0 amide bonds. The molecule has 4 nitrogen and oxygen atoms in total. The second kappa shape index (κ2) is 7.81. The topological polar surface area (TPSA) is 39.7 Å². The fraction of sp³-hybridized carbons (Fsp3) is 0.611. The fourth-order valence-electron chi connectivity index (χ4n) is 3.26. The first-order valence-corrected chi connectivity index (χ1v) is 8.83. The maximum Gasteiger partial charge on any atom is 0.191 e. The van der Waals surface area contributed by atoms with E-state index in [0.29, 0.717) is 13.1 Å². The van der Waals surface area contributed by atoms with Crippen LogP contribution in [-0.4, -0.2) is 38.7 Å². The fourth-order valence-corrected chi connectivity index (χ4v) is 3.26. The van der Waals surface area contributed by atoms with Crippen LogP contribution in [0.1, 0.15) is 32.1 Å². The highest BCUT2D eigenvalue weighted by Gasteiger charge is 2.27. The largest absolute Gasteiger partial charge is 0.365 e. The molecule has 6 heteroatoms. The Hall–Kier alpha value is -1.85. The predicted molar refractivity (Wildman–Crippen MR) is 93.4 cm³/mol. The van der Waals surface area contributed by atoms with E-state index in [-0.39, 0.29) is 11.7 Å². The summed E-state index contributed by atoms with van der Waals surface area (Å²) in [6, 6.07) is 4.14. The lowest BCUT2D eigenvalue weighted by Gasteiger charge is -2.21. The molecular formula is C18H26F2N4. The molecule has 2 fully saturated rings. The van der Waals surface area contributed by atoms with Crippen LogP contribution >= 0.6 is 0 Å². The number of anilines is 1. The van der Waals surface area contributed by atoms with Crippen molar-refractivity contribution in [3.63, 3.8) is 0 Å². The minimum absolute atomic E-state index is 0.0779. The number of benzene rings is 1. The van der Waals surface area contributed by atoms with Gasteiger partial charge in [-0.15, -0.1) is 0 Å². The van der Waals surface area contributed by atoms with E-state index in [0.717, 1.165) is 31.3 Å². The lowest BCUT2D eigenvalue weighted by Crippen LogP contribution is -2.45. The van der Waals surface area contributed by atoms with Gasteiger partial charge in [-0.05, 0) is 37.3 Å². The van der Waals surface area contributed by atoms with Crippen molar-refractivity contribution in [1.29, 1.82) is 0 Å². The van der Waals surface area contributed by atoms with Crippen LogP contribution in [0.25, 0.3) is 0 Å². The van der Waals surface area contributed by atoms with Gasteiger partial charge in [0, 0.05) is 32.7 Å². The molecule has 0 bridgehead atoms. The molecule has 1 unspecified atom stereocenters. The zero-order chi connectivity index (χ0) is 16.9. The lowest BCUT2D eigenvalue weighted by atomic mass is 10.2. The number of halogens is 2. The zero-order valence-corrected chi connectivity index (χ0v) is 14.2. The first-order valence-electron chi connectivity index (χ1n) is 8.83. The van der Waals surface area contributed by atoms with Crippen LogP contribution in [0, 0.1) is 17.6 Å². The van der Waals surface area contributed by atoms with Gasteiger partial charge in [0.05, 0.1) is 0 Å². The first kappa shape index (κ1) is 17.0. The van der Waals surface area contributed by atoms with E-state index >= 15 is 0 Å². The summed E-state index contributed by atoms with van der Waals surface area (Å²) in [6.07, 6.45) is 6.04. The minimum Gasteiger partial charge on any atom is -0.365 e. The van der Waals surface area contributed by atoms with E-state index in [1.807, 2.05) is 0 Å². The highest BCUT2D eigenvalue weighted by Crippen LogP contribution is 2.33. The third kappa shape index (κ3) is 4.36. The van der Waals surface area contributed by atoms with Crippen molar-refractivity contribution >= 4 is 11.6 Å². The Bertz CT molecular complexity index is 566. The summed E-state index contributed by atoms with van der Waals surface area (Å²) in [7, 11) is 1.75. The second-order valence-electron chi connectivity index (χ2n) is 6.73. The third-order valence-electron chi connectivity index (χ3n) is 4.78. The molecule has 1 atom stereocenters. The molecule has 1 aromatic carbocycles. The molecule has 0 radical (unpaired) electrons. The number of nitrogens with one attached hydrogen (secondary N) is 2. The Morgan fingerprint density at radius 1 is 1.25 bits per heavy atom. The van der Waals surface area contributed by atoms with E-state index in [4.69, 9.17) is 0 Å². The van der Waals surface area contributed by atoms with Crippen LogP contribution in [0.15, 0.2) is 23.2 Å². The molecule has 1 saturated carbocycles. The number of para-hydroxylation sites is 1. The normalized spacial score (nSPS) is 21.2. The van der Waals surface area contributed by atoms with Gasteiger partial charge in [0.1, 0.15) is 17.3 Å². The molecule has 1 aliphatic carbocycles. The molecule has 0 spiro atoms. The Kier molecular flexibility index (Phi) is 5.53. The maximum atomic E-state index is 13.9. The molecule has 1 heterocycles. The van der Waals surface area contributed by atoms with Gasteiger partial charge in [-0.25, -0.2) is 8.78 Å². The van der Waals surface area contributed by atoms with Crippen LogP contribution < -0.4 is 15.5 Å². The smallest absolute Gasteiger partial charge is 0.191 e. The van der Waals surface area contributed by atoms with E-state index in [1.165, 1.54) is 37.5 Å². The summed E-state index contributed by atoms with van der Waals surface area (Å²) < 4.78 is 27.8. The molecule has 1 aromatic rings. The van der Waals surface area contributed by atoms with E-state index < -0.39 is 11.6 Å². The van der Waals surface area contributed by atoms with Crippen LogP contribution in [0.3, 0.4) is 0 Å². The van der Waals surface area contributed by atoms with Gasteiger partial charge in [0.15, 0.2) is 5.96 Å². The predicted octanol–water partition coefficient (Wildman–Crippen LogP) is 2.90. The summed E-state index contributed by atoms with van der Waals surface area (Å²) in [4.78, 5) is 6.01. The summed E-state index contributed by atoms with van der Waals surface area (Å²) in [5.74, 6) is 0.712. The van der Waals surface area contributed by atoms with Crippen molar-refractivity contribution in [1.82, 2.24) is 10.6 Å². The SMILES string of the molecule is CN=C(NCCCC1CC1)NC1CCN(c2c(F)cccc2F)C1. The standard InChI is InChI=1S/C18H26F2N4/c1-21-18(22-10-3-4-13-7-8-13)23-14-9-11-24(12-14)17-15(19)5-2-6-16(17)20/h2,5-6,13-14H,3-4,7-12H2,1H3,(H2,21,22,23). The van der Waals surface area contributed by atoms with Crippen molar-refractivity contribution in [3.8, 4) is 0 Å². The number of nitrogens with zero attached hydrogens (tertiary/aromatic N) is 2. The Morgan fingerprint density at radius 3 is 2.67 bits per heavy atom. The zero-order valence-electron chi connectivity index (χ0n) is 14.2. The molecular weight excluding hydrogens is 310 g/mol. The number of hydrogen-bond donors (Lipinski definition) is 2. The molecule has 24 heavy (non-hydrogen) atoms. The quantitative estimate of drug-likeness (QED) is 0.477. The Labute approximate surface area is 142 Å². The molecule has 1 saturated heterocycles. The minimum atomic E-state index is -0.502. The van der Waals surface area contributed by atoms with Gasteiger partial charge in [0.25, 0.3) is 0 Å². The van der Waals surface area contributed by atoms with Gasteiger partial charge in [0.2, 0.25) is 0 Å². The Balaban J connectivity index is 1.47. The van der Waals surface area contributed by atoms with Crippen molar-refractivity contribution in [2.75, 3.05) is 31.6 Å². The van der Waals surface area contributed by atoms with Gasteiger partial charge >= 0.3 is 0 Å². The number of guanidine groups is 1. The van der Waals surface area contributed by atoms with Crippen LogP contribution in [0.5, 0.6) is 0 Å². The third-order valence-corrected chi connectivity index (χ3v) is 4.78. The van der Waals surface area contributed by atoms with E-state index in [9.17, 15) is 8.78 Å². The van der Waals surface area contributed by atoms with Crippen LogP contribution in [0.2, 0.25) is 0 Å². The first-order chi connectivity index (χ1) is 11.7. The summed E-state index contributed by atoms with van der Waals surface area (Å²) in [5, 5.41) is 6.69. The highest BCUT2D eigenvalue weighted by atomic mass is 19.1. The van der Waals surface area contributed by atoms with E-state index in [2.05, 4.69) is 15.6 Å². The van der Waals surface area contributed by atoms with Crippen LogP contribution in [-0.2, 0) is 0 Å². The number of aliphatic imine (C=N–C) groups is 1. The van der Waals surface area contributed by atoms with Crippen molar-refractivity contribution in [3.05, 3.63) is 29.8 Å². The Morgan fingerprint density at radius 2 is 2.00 bits per heavy atom. The molecule has 1 aliphatic heterocycles. The molecule has 2 aliphatic rings. The summed E-state index contributed by atoms with van der Waals surface area (Å²) in [5.41, 5.74) is 0.0779. The molecule has 3 rings (SSSR count). The average Bonchev–Trinajstić information content (AvgIpc) is 3.28. The number of rotatable bonds is 6. The molecule has 132 valence electrons. The molecule has 0 aromatic heterocycles. The second-order valence-corrected chi connectivity index (χ2v) is 6.73. The monoisotopic (exact) mass is 336 g/mol. The van der Waals surface area contributed by atoms with E-state index in [1.54, 1.807) is 11.9 Å². The van der Waals surface area contributed by atoms with Gasteiger partial charge in [-0.1, -0.05) is 18.9 Å². The number of hydrogen-bond acceptors (Lipinski definition) is 2. The van der Waals surface area contributed by atoms with Gasteiger partial charge in [-0.3, -0.25) is 4.99 Å². The average molecular weight is 336 g/mol. The summed E-state index contributed by atoms with van der Waals surface area (Å²) in [6.45, 7) is 2.11. The lowest BCUT2D eigenvalue weighted by molar-refractivity contribution is 0.575. The van der Waals surface area contributed by atoms with Crippen molar-refractivity contribution in [2.45, 2.75) is 38.1 Å². The molecule has 2 N–H and O–H groups in total. The maximum absolute atomic E-state index is 13.9. The van der Waals surface area contributed by atoms with Crippen LogP contribution in [0.4, 0.5) is 14.5 Å². The summed E-state index contributed by atoms with van der Waals surface area (Å²) >= 11 is 0. The van der Waals surface area contributed by atoms with Gasteiger partial charge < -0.3 is 15.5 Å². The van der Waals surface area contributed by atoms with Crippen molar-refractivity contribution < 1.29 is 8.78 Å². The van der Waals surface area contributed by atoms with Gasteiger partial charge in [-0.2, -0.15) is 0 Å². The highest BCUT2D eigenvalue weighted by molar-refractivity contribution is 5.80. The van der Waals surface area contributed by atoms with Crippen molar-refractivity contribution in [2.24, 2.45) is 10.9 Å².